The number of benzene rings is 3. The van der Waals surface area contributed by atoms with Crippen molar-refractivity contribution in [1.82, 2.24) is 4.90 Å². The normalized spacial score (nSPS) is 18.3. The van der Waals surface area contributed by atoms with Gasteiger partial charge in [-0.25, -0.2) is 0 Å². The molecule has 2 heterocycles. The van der Waals surface area contributed by atoms with Crippen molar-refractivity contribution in [1.29, 1.82) is 0 Å². The average Bonchev–Trinajstić information content (AvgIpc) is 3.41. The molecule has 1 amide bonds. The third kappa shape index (κ3) is 6.87. The van der Waals surface area contributed by atoms with Gasteiger partial charge in [-0.3, -0.25) is 9.69 Å². The number of carbonyl (C=O) groups is 1. The van der Waals surface area contributed by atoms with Crippen molar-refractivity contribution >= 4 is 11.6 Å². The van der Waals surface area contributed by atoms with Crippen LogP contribution in [0.1, 0.15) is 79.8 Å². The fourth-order valence-electron chi connectivity index (χ4n) is 6.12. The van der Waals surface area contributed by atoms with Crippen molar-refractivity contribution in [2.45, 2.75) is 71.8 Å². The molecule has 1 saturated heterocycles. The second-order valence-electron chi connectivity index (χ2n) is 11.3. The van der Waals surface area contributed by atoms with E-state index < -0.39 is 0 Å². The van der Waals surface area contributed by atoms with Crippen molar-refractivity contribution in [3.05, 3.63) is 82.4 Å². The van der Waals surface area contributed by atoms with Gasteiger partial charge in [0.15, 0.2) is 11.5 Å². The molecule has 41 heavy (non-hydrogen) atoms. The smallest absolute Gasteiger partial charge is 0.238 e. The fraction of sp³-hybridized carbons (Fsp3) is 0.457. The Balaban J connectivity index is 1.37. The highest BCUT2D eigenvalue weighted by Gasteiger charge is 2.35. The second kappa shape index (κ2) is 13.4. The van der Waals surface area contributed by atoms with Crippen LogP contribution in [0, 0.1) is 6.92 Å². The summed E-state index contributed by atoms with van der Waals surface area (Å²) in [5.74, 6) is 2.83. The molecule has 0 bridgehead atoms. The van der Waals surface area contributed by atoms with Gasteiger partial charge in [-0.1, -0.05) is 63.1 Å². The van der Waals surface area contributed by atoms with Crippen LogP contribution in [0.3, 0.4) is 0 Å². The van der Waals surface area contributed by atoms with Gasteiger partial charge in [0.05, 0.1) is 13.2 Å². The van der Waals surface area contributed by atoms with Crippen LogP contribution in [0.15, 0.2) is 54.6 Å². The third-order valence-corrected chi connectivity index (χ3v) is 8.29. The summed E-state index contributed by atoms with van der Waals surface area (Å²) in [6.45, 7) is 11.6. The predicted molar refractivity (Wildman–Crippen MR) is 165 cm³/mol. The minimum atomic E-state index is 0.0330. The van der Waals surface area contributed by atoms with Gasteiger partial charge in [0.25, 0.3) is 0 Å². The van der Waals surface area contributed by atoms with E-state index in [1.54, 1.807) is 0 Å². The summed E-state index contributed by atoms with van der Waals surface area (Å²) in [7, 11) is 0. The third-order valence-electron chi connectivity index (χ3n) is 8.29. The predicted octanol–water partition coefficient (Wildman–Crippen LogP) is 7.24. The summed E-state index contributed by atoms with van der Waals surface area (Å²) in [6, 6.07) is 19.2. The van der Waals surface area contributed by atoms with Gasteiger partial charge in [-0.15, -0.1) is 0 Å². The molecule has 2 aliphatic rings. The van der Waals surface area contributed by atoms with Gasteiger partial charge in [0, 0.05) is 18.3 Å². The number of amides is 1. The van der Waals surface area contributed by atoms with E-state index in [2.05, 4.69) is 86.4 Å². The van der Waals surface area contributed by atoms with E-state index in [-0.39, 0.29) is 17.9 Å². The Bertz CT molecular complexity index is 1310. The van der Waals surface area contributed by atoms with Crippen molar-refractivity contribution < 1.29 is 19.0 Å². The van der Waals surface area contributed by atoms with Crippen LogP contribution in [0.2, 0.25) is 0 Å². The first-order chi connectivity index (χ1) is 20.0. The number of unbranched alkanes of at least 4 members (excludes halogenated alkanes) is 1. The van der Waals surface area contributed by atoms with Gasteiger partial charge in [-0.05, 0) is 85.0 Å². The lowest BCUT2D eigenvalue weighted by atomic mass is 9.93. The highest BCUT2D eigenvalue weighted by atomic mass is 16.6. The Labute approximate surface area is 245 Å². The largest absolute Gasteiger partial charge is 0.494 e. The molecule has 0 saturated carbocycles. The molecule has 2 unspecified atom stereocenters. The number of fused-ring (bicyclic) bond motifs is 1. The van der Waals surface area contributed by atoms with E-state index in [4.69, 9.17) is 14.2 Å². The number of nitrogens with one attached hydrogen (secondary N) is 1. The van der Waals surface area contributed by atoms with Gasteiger partial charge < -0.3 is 19.5 Å². The van der Waals surface area contributed by atoms with E-state index >= 15 is 0 Å². The van der Waals surface area contributed by atoms with Crippen LogP contribution in [0.5, 0.6) is 17.2 Å². The molecular weight excluding hydrogens is 512 g/mol. The highest BCUT2D eigenvalue weighted by Crippen LogP contribution is 2.43. The summed E-state index contributed by atoms with van der Waals surface area (Å²) in [4.78, 5) is 15.9. The van der Waals surface area contributed by atoms with Crippen molar-refractivity contribution in [2.75, 3.05) is 38.2 Å². The topological polar surface area (TPSA) is 60.0 Å². The summed E-state index contributed by atoms with van der Waals surface area (Å²) in [6.07, 6.45) is 4.85. The van der Waals surface area contributed by atoms with E-state index in [1.807, 2.05) is 6.07 Å². The summed E-state index contributed by atoms with van der Waals surface area (Å²) >= 11 is 0. The zero-order valence-corrected chi connectivity index (χ0v) is 25.0. The molecule has 0 radical (unpaired) electrons. The second-order valence-corrected chi connectivity index (χ2v) is 11.3. The molecule has 6 heteroatoms. The molecule has 218 valence electrons. The number of rotatable bonds is 11. The number of carbonyl (C=O) groups excluding carboxylic acids is 1. The quantitative estimate of drug-likeness (QED) is 0.252. The van der Waals surface area contributed by atoms with Gasteiger partial charge in [0.2, 0.25) is 5.91 Å². The maximum absolute atomic E-state index is 13.6. The number of ether oxygens (including phenoxy) is 3. The molecule has 1 N–H and O–H groups in total. The first-order valence-corrected chi connectivity index (χ1v) is 15.3. The van der Waals surface area contributed by atoms with Crippen molar-refractivity contribution in [2.24, 2.45) is 0 Å². The molecular formula is C35H44N2O4. The molecule has 6 nitrogen and oxygen atoms in total. The minimum Gasteiger partial charge on any atom is -0.494 e. The van der Waals surface area contributed by atoms with Crippen LogP contribution >= 0.6 is 0 Å². The lowest BCUT2D eigenvalue weighted by molar-refractivity contribution is -0.117. The standard InChI is InChI=1S/C35H44N2O4/c1-5-8-15-39-30-12-9-27(10-13-30)31-20-29(28-11-14-32-33(21-28)41-17-16-40-32)22-37(31)23-34(38)36-35-25(6-2)18-24(4)19-26(35)7-3/h9-14,18-19,21,29,31H,5-8,15-17,20,22-23H2,1-4H3,(H,36,38). The molecule has 1 fully saturated rings. The average molecular weight is 557 g/mol. The van der Waals surface area contributed by atoms with Crippen molar-refractivity contribution in [3.8, 4) is 17.2 Å². The van der Waals surface area contributed by atoms with Crippen molar-refractivity contribution in [3.63, 3.8) is 0 Å². The first kappa shape index (κ1) is 29.0. The minimum absolute atomic E-state index is 0.0330. The molecule has 0 spiro atoms. The Kier molecular flexibility index (Phi) is 9.50. The van der Waals surface area contributed by atoms with E-state index in [1.165, 1.54) is 27.8 Å². The number of aryl methyl sites for hydroxylation is 3. The number of hydrogen-bond donors (Lipinski definition) is 1. The Morgan fingerprint density at radius 3 is 2.29 bits per heavy atom. The zero-order valence-electron chi connectivity index (χ0n) is 25.0. The molecule has 0 aromatic heterocycles. The SMILES string of the molecule is CCCCOc1ccc(C2CC(c3ccc4c(c3)OCCO4)CN2CC(=O)Nc2c(CC)cc(C)cc2CC)cc1. The number of nitrogens with zero attached hydrogens (tertiary/aromatic N) is 1. The van der Waals surface area contributed by atoms with Gasteiger partial charge in [-0.2, -0.15) is 0 Å². The Morgan fingerprint density at radius 1 is 0.927 bits per heavy atom. The van der Waals surface area contributed by atoms with Crippen LogP contribution < -0.4 is 19.5 Å². The number of hydrogen-bond acceptors (Lipinski definition) is 5. The molecule has 0 aliphatic carbocycles. The van der Waals surface area contributed by atoms with E-state index in [0.29, 0.717) is 19.8 Å². The molecule has 2 aliphatic heterocycles. The fourth-order valence-corrected chi connectivity index (χ4v) is 6.12. The highest BCUT2D eigenvalue weighted by molar-refractivity contribution is 5.94. The molecule has 5 rings (SSSR count). The van der Waals surface area contributed by atoms with Crippen LogP contribution in [-0.2, 0) is 17.6 Å². The maximum atomic E-state index is 13.6. The van der Waals surface area contributed by atoms with E-state index in [9.17, 15) is 4.79 Å². The maximum Gasteiger partial charge on any atom is 0.238 e. The lowest BCUT2D eigenvalue weighted by Gasteiger charge is -2.25. The lowest BCUT2D eigenvalue weighted by Crippen LogP contribution is -2.33. The zero-order chi connectivity index (χ0) is 28.8. The molecule has 3 aromatic rings. The first-order valence-electron chi connectivity index (χ1n) is 15.3. The Hall–Kier alpha value is -3.51. The van der Waals surface area contributed by atoms with E-state index in [0.717, 1.165) is 68.2 Å². The summed E-state index contributed by atoms with van der Waals surface area (Å²) in [5, 5.41) is 3.30. The summed E-state index contributed by atoms with van der Waals surface area (Å²) in [5.41, 5.74) is 7.04. The number of likely N-dealkylation sites (tertiary alicyclic amines) is 1. The van der Waals surface area contributed by atoms with Crippen LogP contribution in [0.25, 0.3) is 0 Å². The number of anilines is 1. The molecule has 2 atom stereocenters. The van der Waals surface area contributed by atoms with Gasteiger partial charge in [0.1, 0.15) is 19.0 Å². The monoisotopic (exact) mass is 556 g/mol. The molecule has 3 aromatic carbocycles. The van der Waals surface area contributed by atoms with Crippen LogP contribution in [-0.4, -0.2) is 43.7 Å². The van der Waals surface area contributed by atoms with Gasteiger partial charge >= 0.3 is 0 Å². The summed E-state index contributed by atoms with van der Waals surface area (Å²) < 4.78 is 17.5. The Morgan fingerprint density at radius 2 is 1.61 bits per heavy atom. The van der Waals surface area contributed by atoms with Crippen LogP contribution in [0.4, 0.5) is 5.69 Å².